The Balaban J connectivity index is 1.49. The summed E-state index contributed by atoms with van der Waals surface area (Å²) in [6, 6.07) is 18.7. The van der Waals surface area contributed by atoms with Crippen LogP contribution in [0.3, 0.4) is 0 Å². The molecular weight excluding hydrogens is 614 g/mol. The van der Waals surface area contributed by atoms with Crippen molar-refractivity contribution in [2.75, 3.05) is 13.7 Å². The van der Waals surface area contributed by atoms with Crippen molar-refractivity contribution in [3.63, 3.8) is 0 Å². The zero-order valence-electron chi connectivity index (χ0n) is 29.8. The third-order valence-electron chi connectivity index (χ3n) is 9.57. The van der Waals surface area contributed by atoms with Crippen LogP contribution in [-0.2, 0) is 4.74 Å². The van der Waals surface area contributed by atoms with Gasteiger partial charge in [-0.15, -0.1) is 0 Å². The van der Waals surface area contributed by atoms with Crippen molar-refractivity contribution in [1.29, 1.82) is 0 Å². The average molecular weight is 668 g/mol. The molecule has 0 fully saturated rings. The lowest BCUT2D eigenvalue weighted by molar-refractivity contribution is 0.0421. The Bertz CT molecular complexity index is 1620. The third-order valence-corrected chi connectivity index (χ3v) is 9.57. The van der Waals surface area contributed by atoms with Gasteiger partial charge in [0.25, 0.3) is 0 Å². The van der Waals surface area contributed by atoms with E-state index in [1.165, 1.54) is 58.1 Å². The maximum absolute atomic E-state index is 13.2. The van der Waals surface area contributed by atoms with E-state index in [4.69, 9.17) is 9.47 Å². The molecule has 49 heavy (non-hydrogen) atoms. The number of unbranched alkanes of at least 4 members (excludes halogenated alkanes) is 2. The van der Waals surface area contributed by atoms with Crippen LogP contribution in [0.4, 0.5) is 0 Å². The summed E-state index contributed by atoms with van der Waals surface area (Å²) in [5.74, 6) is 2.78. The molecule has 0 aliphatic carbocycles. The van der Waals surface area contributed by atoms with Crippen molar-refractivity contribution in [2.45, 2.75) is 91.9 Å². The van der Waals surface area contributed by atoms with Crippen molar-refractivity contribution in [1.82, 2.24) is 15.0 Å². The number of phenolic OH excluding ortho intramolecular Hbond substituents is 2. The van der Waals surface area contributed by atoms with E-state index in [9.17, 15) is 15.0 Å². The number of phenols is 2. The van der Waals surface area contributed by atoms with Crippen LogP contribution in [0.2, 0.25) is 0 Å². The molecule has 4 aromatic rings. The van der Waals surface area contributed by atoms with Crippen molar-refractivity contribution in [2.24, 2.45) is 17.8 Å². The Labute approximate surface area is 292 Å². The first-order valence-corrected chi connectivity index (χ1v) is 17.9. The van der Waals surface area contributed by atoms with Gasteiger partial charge in [-0.1, -0.05) is 103 Å². The minimum atomic E-state index is -0.343. The van der Waals surface area contributed by atoms with E-state index in [0.717, 1.165) is 25.2 Å². The number of para-hydroxylation sites is 1. The number of benzene rings is 3. The zero-order chi connectivity index (χ0) is 35.2. The summed E-state index contributed by atoms with van der Waals surface area (Å²) >= 11 is 0. The minimum Gasteiger partial charge on any atom is -0.507 e. The Morgan fingerprint density at radius 3 is 1.92 bits per heavy atom. The van der Waals surface area contributed by atoms with Crippen LogP contribution in [-0.4, -0.2) is 44.9 Å². The number of methoxy groups -OCH3 is 1. The highest BCUT2D eigenvalue weighted by Crippen LogP contribution is 2.34. The lowest BCUT2D eigenvalue weighted by atomic mass is 9.92. The highest BCUT2D eigenvalue weighted by Gasteiger charge is 2.18. The second kappa shape index (κ2) is 18.9. The number of rotatable bonds is 19. The first kappa shape index (κ1) is 37.4. The summed E-state index contributed by atoms with van der Waals surface area (Å²) in [5.41, 5.74) is 1.91. The van der Waals surface area contributed by atoms with Gasteiger partial charge in [0, 0.05) is 11.6 Å². The standard InChI is InChI=1S/C41H53N3O5/c1-6-28(3)14-9-8-10-16-30(17-13-15-29(4)7-2)27-49-41(47)32-22-20-31(21-23-32)38-42-39(34-18-11-12-19-36(34)45)44-40(43-38)35-25-24-33(48-5)26-37(35)46/h11-12,18-26,28-30,45-46H,6-10,13-17,27H2,1-5H3. The highest BCUT2D eigenvalue weighted by molar-refractivity contribution is 5.90. The van der Waals surface area contributed by atoms with Crippen molar-refractivity contribution >= 4 is 5.97 Å². The number of carbonyl (C=O) groups excluding carboxylic acids is 1. The van der Waals surface area contributed by atoms with Crippen LogP contribution < -0.4 is 4.74 Å². The monoisotopic (exact) mass is 667 g/mol. The molecule has 0 bridgehead atoms. The molecule has 0 aliphatic heterocycles. The average Bonchev–Trinajstić information content (AvgIpc) is 3.12. The van der Waals surface area contributed by atoms with Gasteiger partial charge in [0.05, 0.1) is 30.4 Å². The fourth-order valence-electron chi connectivity index (χ4n) is 5.85. The van der Waals surface area contributed by atoms with E-state index in [-0.39, 0.29) is 29.1 Å². The van der Waals surface area contributed by atoms with Gasteiger partial charge in [-0.05, 0) is 67.0 Å². The second-order valence-electron chi connectivity index (χ2n) is 13.3. The zero-order valence-corrected chi connectivity index (χ0v) is 29.8. The number of hydrogen-bond acceptors (Lipinski definition) is 8. The van der Waals surface area contributed by atoms with Crippen molar-refractivity contribution < 1.29 is 24.5 Å². The van der Waals surface area contributed by atoms with Crippen LogP contribution in [0, 0.1) is 17.8 Å². The van der Waals surface area contributed by atoms with Gasteiger partial charge in [-0.25, -0.2) is 19.7 Å². The first-order valence-electron chi connectivity index (χ1n) is 17.9. The summed E-state index contributed by atoms with van der Waals surface area (Å²) in [7, 11) is 1.52. The lowest BCUT2D eigenvalue weighted by Crippen LogP contribution is -2.15. The Morgan fingerprint density at radius 2 is 1.29 bits per heavy atom. The molecule has 1 aromatic heterocycles. The maximum Gasteiger partial charge on any atom is 0.338 e. The van der Waals surface area contributed by atoms with Crippen LogP contribution in [0.1, 0.15) is 102 Å². The summed E-state index contributed by atoms with van der Waals surface area (Å²) in [4.78, 5) is 27.1. The van der Waals surface area contributed by atoms with Crippen LogP contribution in [0.25, 0.3) is 34.2 Å². The van der Waals surface area contributed by atoms with Gasteiger partial charge < -0.3 is 19.7 Å². The molecule has 2 N–H and O–H groups in total. The molecule has 0 radical (unpaired) electrons. The Kier molecular flexibility index (Phi) is 14.4. The predicted octanol–water partition coefficient (Wildman–Crippen LogP) is 10.3. The van der Waals surface area contributed by atoms with Crippen molar-refractivity contribution in [3.8, 4) is 51.4 Å². The molecule has 262 valence electrons. The molecule has 0 amide bonds. The predicted molar refractivity (Wildman–Crippen MR) is 196 cm³/mol. The van der Waals surface area contributed by atoms with E-state index in [0.29, 0.717) is 52.3 Å². The molecule has 0 spiro atoms. The summed E-state index contributed by atoms with van der Waals surface area (Å²) in [6.07, 6.45) is 11.9. The van der Waals surface area contributed by atoms with Gasteiger partial charge in [0.2, 0.25) is 0 Å². The van der Waals surface area contributed by atoms with Gasteiger partial charge in [0.15, 0.2) is 17.5 Å². The molecular formula is C41H53N3O5. The van der Waals surface area contributed by atoms with Gasteiger partial charge >= 0.3 is 5.97 Å². The number of ether oxygens (including phenoxy) is 2. The first-order chi connectivity index (χ1) is 23.7. The fraction of sp³-hybridized carbons (Fsp3) is 0.463. The van der Waals surface area contributed by atoms with Crippen LogP contribution >= 0.6 is 0 Å². The van der Waals surface area contributed by atoms with Crippen LogP contribution in [0.15, 0.2) is 66.7 Å². The van der Waals surface area contributed by atoms with E-state index in [1.807, 2.05) is 0 Å². The third kappa shape index (κ3) is 11.0. The highest BCUT2D eigenvalue weighted by atomic mass is 16.5. The molecule has 1 heterocycles. The minimum absolute atomic E-state index is 0.0203. The number of aromatic nitrogens is 3. The molecule has 0 saturated heterocycles. The topological polar surface area (TPSA) is 115 Å². The Hall–Kier alpha value is -4.46. The summed E-state index contributed by atoms with van der Waals surface area (Å²) < 4.78 is 11.1. The molecule has 8 heteroatoms. The number of hydrogen-bond donors (Lipinski definition) is 2. The number of nitrogens with zero attached hydrogens (tertiary/aromatic N) is 3. The number of esters is 1. The smallest absolute Gasteiger partial charge is 0.338 e. The van der Waals surface area contributed by atoms with Gasteiger partial charge in [-0.3, -0.25) is 0 Å². The molecule has 3 unspecified atom stereocenters. The van der Waals surface area contributed by atoms with Crippen LogP contribution in [0.5, 0.6) is 17.2 Å². The fourth-order valence-corrected chi connectivity index (χ4v) is 5.85. The Morgan fingerprint density at radius 1 is 0.694 bits per heavy atom. The van der Waals surface area contributed by atoms with Crippen molar-refractivity contribution in [3.05, 3.63) is 72.3 Å². The molecule has 3 aromatic carbocycles. The molecule has 4 rings (SSSR count). The summed E-state index contributed by atoms with van der Waals surface area (Å²) in [6.45, 7) is 9.56. The largest absolute Gasteiger partial charge is 0.507 e. The number of aromatic hydroxyl groups is 2. The second-order valence-corrected chi connectivity index (χ2v) is 13.3. The van der Waals surface area contributed by atoms with E-state index in [1.54, 1.807) is 60.7 Å². The SMILES string of the molecule is CCC(C)CCCCCC(CCCC(C)CC)COC(=O)c1ccc(-c2nc(-c3ccccc3O)nc(-c3ccc(OC)cc3O)n2)cc1. The summed E-state index contributed by atoms with van der Waals surface area (Å²) in [5, 5.41) is 21.3. The normalized spacial score (nSPS) is 13.1. The van der Waals surface area contributed by atoms with Gasteiger partial charge in [-0.2, -0.15) is 0 Å². The maximum atomic E-state index is 13.2. The van der Waals surface area contributed by atoms with E-state index in [2.05, 4.69) is 42.6 Å². The molecule has 0 saturated carbocycles. The molecule has 8 nitrogen and oxygen atoms in total. The van der Waals surface area contributed by atoms with E-state index >= 15 is 0 Å². The quantitative estimate of drug-likeness (QED) is 0.0750. The molecule has 3 atom stereocenters. The van der Waals surface area contributed by atoms with Gasteiger partial charge in [0.1, 0.15) is 17.2 Å². The lowest BCUT2D eigenvalue weighted by Gasteiger charge is -2.18. The van der Waals surface area contributed by atoms with E-state index < -0.39 is 0 Å². The molecule has 0 aliphatic rings. The number of carbonyl (C=O) groups is 1.